The molecule has 150 valence electrons. The van der Waals surface area contributed by atoms with Crippen LogP contribution in [-0.2, 0) is 0 Å². The number of allylic oxidation sites excluding steroid dienone is 5. The van der Waals surface area contributed by atoms with Gasteiger partial charge in [0.15, 0.2) is 0 Å². The fourth-order valence-corrected chi connectivity index (χ4v) is 4.30. The maximum atomic E-state index is 13.9. The lowest BCUT2D eigenvalue weighted by atomic mass is 9.92. The zero-order valence-electron chi connectivity index (χ0n) is 15.5. The number of rotatable bonds is 7. The molecule has 1 aromatic heterocycles. The molecule has 0 amide bonds. The number of hydrogen-bond donors (Lipinski definition) is 2. The van der Waals surface area contributed by atoms with Crippen molar-refractivity contribution in [1.29, 1.82) is 0 Å². The molecule has 2 N–H and O–H groups in total. The van der Waals surface area contributed by atoms with Crippen LogP contribution < -0.4 is 5.32 Å². The summed E-state index contributed by atoms with van der Waals surface area (Å²) in [6.07, 6.45) is 8.09. The number of thiophene rings is 1. The minimum Gasteiger partial charge on any atom is -0.387 e. The summed E-state index contributed by atoms with van der Waals surface area (Å²) in [5, 5.41) is 16.7. The van der Waals surface area contributed by atoms with Crippen LogP contribution in [0.25, 0.3) is 16.7 Å². The van der Waals surface area contributed by atoms with Crippen molar-refractivity contribution < 1.29 is 13.9 Å². The predicted molar refractivity (Wildman–Crippen MR) is 118 cm³/mol. The van der Waals surface area contributed by atoms with Gasteiger partial charge in [0.2, 0.25) is 0 Å². The maximum absolute atomic E-state index is 13.9. The first-order valence-corrected chi connectivity index (χ1v) is 10.2. The molecule has 1 aromatic carbocycles. The third-order valence-corrected chi connectivity index (χ3v) is 5.73. The molecule has 3 rings (SSSR count). The third-order valence-electron chi connectivity index (χ3n) is 4.44. The normalized spacial score (nSPS) is 15.7. The van der Waals surface area contributed by atoms with Crippen LogP contribution in [0.15, 0.2) is 84.2 Å². The molecule has 0 spiro atoms. The standard InChI is InChI=1S/C23H20ClF2NOS/c1-2-19(26)12-16(9-10-25)23-21(22(28)17-4-3-11-27-13-17)20(14-29-23)15-5-7-18(24)8-6-15/h2-9,12-14,22,27-28H,1,10-11H2/b16-9+,19-12+. The molecular weight excluding hydrogens is 412 g/mol. The van der Waals surface area contributed by atoms with Gasteiger partial charge < -0.3 is 10.4 Å². The highest BCUT2D eigenvalue weighted by atomic mass is 35.5. The van der Waals surface area contributed by atoms with E-state index in [9.17, 15) is 13.9 Å². The maximum Gasteiger partial charge on any atom is 0.123 e. The van der Waals surface area contributed by atoms with E-state index in [2.05, 4.69) is 11.9 Å². The first-order valence-electron chi connectivity index (χ1n) is 8.96. The van der Waals surface area contributed by atoms with Crippen LogP contribution in [0.1, 0.15) is 16.5 Å². The molecule has 29 heavy (non-hydrogen) atoms. The van der Waals surface area contributed by atoms with Crippen molar-refractivity contribution in [3.63, 3.8) is 0 Å². The lowest BCUT2D eigenvalue weighted by Gasteiger charge is -2.19. The molecule has 1 atom stereocenters. The van der Waals surface area contributed by atoms with Gasteiger partial charge in [-0.05, 0) is 52.4 Å². The van der Waals surface area contributed by atoms with E-state index in [-0.39, 0.29) is 0 Å². The fraction of sp³-hybridized carbons (Fsp3) is 0.130. The second-order valence-corrected chi connectivity index (χ2v) is 7.62. The summed E-state index contributed by atoms with van der Waals surface area (Å²) in [5.41, 5.74) is 3.25. The number of nitrogens with one attached hydrogen (secondary N) is 1. The molecule has 2 heterocycles. The summed E-state index contributed by atoms with van der Waals surface area (Å²) in [7, 11) is 0. The fourth-order valence-electron chi connectivity index (χ4n) is 3.05. The molecule has 6 heteroatoms. The van der Waals surface area contributed by atoms with Crippen LogP contribution in [0.5, 0.6) is 0 Å². The van der Waals surface area contributed by atoms with E-state index in [1.807, 2.05) is 29.7 Å². The predicted octanol–water partition coefficient (Wildman–Crippen LogP) is 6.54. The van der Waals surface area contributed by atoms with Gasteiger partial charge in [-0.2, -0.15) is 0 Å². The largest absolute Gasteiger partial charge is 0.387 e. The highest BCUT2D eigenvalue weighted by molar-refractivity contribution is 7.11. The summed E-state index contributed by atoms with van der Waals surface area (Å²) < 4.78 is 27.1. The minimum atomic E-state index is -0.978. The molecule has 0 fully saturated rings. The van der Waals surface area contributed by atoms with Crippen molar-refractivity contribution in [1.82, 2.24) is 5.32 Å². The minimum absolute atomic E-state index is 0.359. The Morgan fingerprint density at radius 1 is 1.34 bits per heavy atom. The van der Waals surface area contributed by atoms with Crippen LogP contribution in [0.2, 0.25) is 5.02 Å². The van der Waals surface area contributed by atoms with E-state index in [4.69, 9.17) is 11.6 Å². The highest BCUT2D eigenvalue weighted by Crippen LogP contribution is 2.43. The molecule has 1 unspecified atom stereocenters. The summed E-state index contributed by atoms with van der Waals surface area (Å²) in [4.78, 5) is 0.594. The SMILES string of the molecule is C=C/C(F)=C\C(=C/CF)c1scc(-c2ccc(Cl)cc2)c1C(O)C1=CNCC=C1. The third kappa shape index (κ3) is 4.93. The van der Waals surface area contributed by atoms with E-state index in [0.29, 0.717) is 33.2 Å². The van der Waals surface area contributed by atoms with Gasteiger partial charge >= 0.3 is 0 Å². The van der Waals surface area contributed by atoms with Crippen molar-refractivity contribution >= 4 is 28.5 Å². The van der Waals surface area contributed by atoms with Crippen molar-refractivity contribution in [2.45, 2.75) is 6.10 Å². The molecule has 0 bridgehead atoms. The van der Waals surface area contributed by atoms with Gasteiger partial charge in [0.25, 0.3) is 0 Å². The van der Waals surface area contributed by atoms with Crippen LogP contribution >= 0.6 is 22.9 Å². The quantitative estimate of drug-likeness (QED) is 0.488. The average Bonchev–Trinajstić information content (AvgIpc) is 3.19. The Bertz CT molecular complexity index is 1000. The number of hydrogen-bond acceptors (Lipinski definition) is 3. The molecule has 0 saturated heterocycles. The lowest BCUT2D eigenvalue weighted by molar-refractivity contribution is 0.219. The Morgan fingerprint density at radius 3 is 2.72 bits per heavy atom. The van der Waals surface area contributed by atoms with E-state index in [1.54, 1.807) is 18.3 Å². The smallest absolute Gasteiger partial charge is 0.123 e. The topological polar surface area (TPSA) is 32.3 Å². The highest BCUT2D eigenvalue weighted by Gasteiger charge is 2.24. The summed E-state index contributed by atoms with van der Waals surface area (Å²) in [6, 6.07) is 7.24. The van der Waals surface area contributed by atoms with Gasteiger partial charge in [-0.1, -0.05) is 42.5 Å². The second-order valence-electron chi connectivity index (χ2n) is 6.30. The van der Waals surface area contributed by atoms with E-state index >= 15 is 0 Å². The Morgan fingerprint density at radius 2 is 2.10 bits per heavy atom. The zero-order chi connectivity index (χ0) is 20.8. The van der Waals surface area contributed by atoms with Crippen LogP contribution in [-0.4, -0.2) is 18.3 Å². The first kappa shape index (κ1) is 21.2. The first-order chi connectivity index (χ1) is 14.0. The van der Waals surface area contributed by atoms with E-state index in [1.165, 1.54) is 23.5 Å². The van der Waals surface area contributed by atoms with Crippen LogP contribution in [0.3, 0.4) is 0 Å². The van der Waals surface area contributed by atoms with E-state index < -0.39 is 18.6 Å². The second kappa shape index (κ2) is 9.83. The van der Waals surface area contributed by atoms with Crippen molar-refractivity contribution in [3.8, 4) is 11.1 Å². The van der Waals surface area contributed by atoms with Gasteiger partial charge in [0.1, 0.15) is 18.6 Å². The Hall–Kier alpha value is -2.47. The van der Waals surface area contributed by atoms with Gasteiger partial charge in [-0.15, -0.1) is 11.3 Å². The number of aliphatic hydroxyl groups is 1. The molecule has 1 aliphatic rings. The van der Waals surface area contributed by atoms with Crippen LogP contribution in [0.4, 0.5) is 8.78 Å². The molecular formula is C23H20ClF2NOS. The molecule has 1 aliphatic heterocycles. The molecule has 0 saturated carbocycles. The molecule has 0 radical (unpaired) electrons. The van der Waals surface area contributed by atoms with Crippen molar-refractivity contribution in [3.05, 3.63) is 99.7 Å². The summed E-state index contributed by atoms with van der Waals surface area (Å²) >= 11 is 7.33. The van der Waals surface area contributed by atoms with Crippen molar-refractivity contribution in [2.24, 2.45) is 0 Å². The van der Waals surface area contributed by atoms with Gasteiger partial charge in [-0.25, -0.2) is 8.78 Å². The van der Waals surface area contributed by atoms with Gasteiger partial charge in [0.05, 0.1) is 0 Å². The monoisotopic (exact) mass is 431 g/mol. The average molecular weight is 432 g/mol. The number of halogens is 3. The van der Waals surface area contributed by atoms with Crippen molar-refractivity contribution in [2.75, 3.05) is 13.2 Å². The van der Waals surface area contributed by atoms with Gasteiger partial charge in [0, 0.05) is 33.8 Å². The summed E-state index contributed by atoms with van der Waals surface area (Å²) in [5.74, 6) is -0.579. The Kier molecular flexibility index (Phi) is 7.20. The lowest BCUT2D eigenvalue weighted by Crippen LogP contribution is -2.13. The molecule has 2 aromatic rings. The molecule has 0 aliphatic carbocycles. The Labute approximate surface area is 177 Å². The zero-order valence-corrected chi connectivity index (χ0v) is 17.1. The number of alkyl halides is 1. The number of dihydropyridines is 1. The summed E-state index contributed by atoms with van der Waals surface area (Å²) in [6.45, 7) is 3.33. The van der Waals surface area contributed by atoms with Crippen LogP contribution in [0, 0.1) is 0 Å². The van der Waals surface area contributed by atoms with E-state index in [0.717, 1.165) is 17.2 Å². The number of aliphatic hydroxyl groups excluding tert-OH is 1. The number of benzene rings is 1. The Balaban J connectivity index is 2.19. The van der Waals surface area contributed by atoms with Gasteiger partial charge in [-0.3, -0.25) is 0 Å². The molecule has 2 nitrogen and oxygen atoms in total.